The van der Waals surface area contributed by atoms with E-state index in [2.05, 4.69) is 0 Å². The van der Waals surface area contributed by atoms with Gasteiger partial charge in [-0.1, -0.05) is 12.2 Å². The number of nitrogens with zero attached hydrogens (tertiary/aromatic N) is 1. The van der Waals surface area contributed by atoms with Crippen LogP contribution in [0.5, 0.6) is 0 Å². The number of rotatable bonds is 3. The minimum absolute atomic E-state index is 0.166. The first kappa shape index (κ1) is 11.7. The monoisotopic (exact) mass is 275 g/mol. The molecular weight excluding hydrogens is 262 g/mol. The van der Waals surface area contributed by atoms with E-state index in [0.29, 0.717) is 18.8 Å². The fraction of sp³-hybridized carbons (Fsp3) is 0.429. The number of aliphatic carboxylic acids is 1. The number of hydrogen-bond acceptors (Lipinski definition) is 4. The van der Waals surface area contributed by atoms with Crippen LogP contribution >= 0.6 is 0 Å². The molecule has 1 aromatic rings. The van der Waals surface area contributed by atoms with Gasteiger partial charge in [-0.3, -0.25) is 9.59 Å². The molecule has 1 aromatic heterocycles. The van der Waals surface area contributed by atoms with Crippen molar-refractivity contribution in [3.8, 4) is 0 Å². The highest BCUT2D eigenvalue weighted by Crippen LogP contribution is 2.52. The minimum atomic E-state index is -0.973. The lowest BCUT2D eigenvalue weighted by Crippen LogP contribution is -2.39. The fourth-order valence-corrected chi connectivity index (χ4v) is 3.58. The van der Waals surface area contributed by atoms with Crippen molar-refractivity contribution in [1.82, 2.24) is 4.90 Å². The van der Waals surface area contributed by atoms with Crippen molar-refractivity contribution in [2.75, 3.05) is 6.54 Å². The molecule has 2 saturated heterocycles. The summed E-state index contributed by atoms with van der Waals surface area (Å²) in [6, 6.07) is 3.55. The summed E-state index contributed by atoms with van der Waals surface area (Å²) >= 11 is 0. The summed E-state index contributed by atoms with van der Waals surface area (Å²) in [6.07, 6.45) is 4.69. The van der Waals surface area contributed by atoms with Crippen LogP contribution in [0.4, 0.5) is 0 Å². The Morgan fingerprint density at radius 1 is 1.55 bits per heavy atom. The van der Waals surface area contributed by atoms with Gasteiger partial charge in [0.2, 0.25) is 5.91 Å². The number of carboxylic acid groups (broad SMARTS) is 1. The first-order valence-corrected chi connectivity index (χ1v) is 6.52. The Labute approximate surface area is 114 Å². The van der Waals surface area contributed by atoms with Crippen LogP contribution in [-0.4, -0.2) is 40.1 Å². The summed E-state index contributed by atoms with van der Waals surface area (Å²) in [5.41, 5.74) is -0.766. The van der Waals surface area contributed by atoms with Gasteiger partial charge in [-0.15, -0.1) is 0 Å². The van der Waals surface area contributed by atoms with E-state index >= 15 is 0 Å². The van der Waals surface area contributed by atoms with E-state index in [0.717, 1.165) is 0 Å². The van der Waals surface area contributed by atoms with Gasteiger partial charge in [0.05, 0.1) is 31.4 Å². The Morgan fingerprint density at radius 2 is 2.40 bits per heavy atom. The molecule has 4 rings (SSSR count). The number of fused-ring (bicyclic) bond motifs is 1. The predicted octanol–water partition coefficient (Wildman–Crippen LogP) is 0.646. The average molecular weight is 275 g/mol. The summed E-state index contributed by atoms with van der Waals surface area (Å²) < 4.78 is 11.0. The second-order valence-corrected chi connectivity index (χ2v) is 5.51. The van der Waals surface area contributed by atoms with E-state index in [9.17, 15) is 14.7 Å². The summed E-state index contributed by atoms with van der Waals surface area (Å²) in [7, 11) is 0. The van der Waals surface area contributed by atoms with Crippen molar-refractivity contribution in [3.63, 3.8) is 0 Å². The van der Waals surface area contributed by atoms with Crippen molar-refractivity contribution in [3.05, 3.63) is 36.3 Å². The molecule has 6 heteroatoms. The molecule has 104 valence electrons. The van der Waals surface area contributed by atoms with Gasteiger partial charge in [-0.2, -0.15) is 0 Å². The molecule has 3 aliphatic rings. The normalized spacial score (nSPS) is 37.7. The molecule has 3 aliphatic heterocycles. The lowest BCUT2D eigenvalue weighted by Gasteiger charge is -2.21. The molecule has 6 nitrogen and oxygen atoms in total. The number of amides is 1. The Hall–Kier alpha value is -2.08. The average Bonchev–Trinajstić information content (AvgIpc) is 3.12. The molecule has 0 radical (unpaired) electrons. The van der Waals surface area contributed by atoms with E-state index in [1.807, 2.05) is 6.08 Å². The van der Waals surface area contributed by atoms with Crippen molar-refractivity contribution in [1.29, 1.82) is 0 Å². The van der Waals surface area contributed by atoms with Gasteiger partial charge < -0.3 is 19.2 Å². The minimum Gasteiger partial charge on any atom is -0.481 e. The summed E-state index contributed by atoms with van der Waals surface area (Å²) in [4.78, 5) is 25.5. The topological polar surface area (TPSA) is 80.0 Å². The van der Waals surface area contributed by atoms with Crippen molar-refractivity contribution in [2.45, 2.75) is 18.2 Å². The first-order valence-electron chi connectivity index (χ1n) is 6.52. The lowest BCUT2D eigenvalue weighted by atomic mass is 9.77. The fourth-order valence-electron chi connectivity index (χ4n) is 3.58. The third-order valence-corrected chi connectivity index (χ3v) is 4.39. The smallest absolute Gasteiger partial charge is 0.310 e. The van der Waals surface area contributed by atoms with Gasteiger partial charge in [0.25, 0.3) is 0 Å². The van der Waals surface area contributed by atoms with Crippen LogP contribution in [0, 0.1) is 11.8 Å². The summed E-state index contributed by atoms with van der Waals surface area (Å²) in [5.74, 6) is -1.86. The van der Waals surface area contributed by atoms with E-state index in [4.69, 9.17) is 9.15 Å². The standard InChI is InChI=1S/C14H13NO5/c16-12-11-10(13(17)18)9-3-4-14(11,20-9)7-15(12)6-8-2-1-5-19-8/h1-5,9-11H,6-7H2,(H,17,18)/t9-,10-,11+,14+/m1/s1. The molecule has 0 aliphatic carbocycles. The molecule has 1 spiro atoms. The SMILES string of the molecule is O=C(O)[C@H]1[C@H]2C(=O)N(Cc3ccco3)C[C@@]23C=C[C@H]1O3. The first-order chi connectivity index (χ1) is 9.61. The Kier molecular flexibility index (Phi) is 2.18. The Bertz CT molecular complexity index is 607. The second-order valence-electron chi connectivity index (χ2n) is 5.51. The van der Waals surface area contributed by atoms with Crippen LogP contribution in [0.15, 0.2) is 35.0 Å². The van der Waals surface area contributed by atoms with Crippen LogP contribution in [0.3, 0.4) is 0 Å². The number of hydrogen-bond donors (Lipinski definition) is 1. The van der Waals surface area contributed by atoms with E-state index in [1.54, 1.807) is 29.4 Å². The zero-order valence-electron chi connectivity index (χ0n) is 10.6. The molecule has 20 heavy (non-hydrogen) atoms. The Balaban J connectivity index is 1.65. The molecule has 4 atom stereocenters. The highest BCUT2D eigenvalue weighted by Gasteiger charge is 2.67. The third-order valence-electron chi connectivity index (χ3n) is 4.39. The number of likely N-dealkylation sites (tertiary alicyclic amines) is 1. The maximum absolute atomic E-state index is 12.5. The largest absolute Gasteiger partial charge is 0.481 e. The number of carbonyl (C=O) groups excluding carboxylic acids is 1. The number of furan rings is 1. The number of carboxylic acids is 1. The molecule has 4 heterocycles. The summed E-state index contributed by atoms with van der Waals surface area (Å²) in [6.45, 7) is 0.728. The second kappa shape index (κ2) is 3.73. The predicted molar refractivity (Wildman–Crippen MR) is 65.5 cm³/mol. The van der Waals surface area contributed by atoms with E-state index in [1.165, 1.54) is 0 Å². The lowest BCUT2D eigenvalue weighted by molar-refractivity contribution is -0.148. The number of ether oxygens (including phenoxy) is 1. The third kappa shape index (κ3) is 1.37. The van der Waals surface area contributed by atoms with Crippen LogP contribution in [0.1, 0.15) is 5.76 Å². The highest BCUT2D eigenvalue weighted by atomic mass is 16.5. The molecule has 0 aromatic carbocycles. The van der Waals surface area contributed by atoms with Crippen molar-refractivity contribution in [2.24, 2.45) is 11.8 Å². The molecule has 1 N–H and O–H groups in total. The van der Waals surface area contributed by atoms with Gasteiger partial charge in [0.1, 0.15) is 17.3 Å². The highest BCUT2D eigenvalue weighted by molar-refractivity contribution is 5.90. The quantitative estimate of drug-likeness (QED) is 0.819. The van der Waals surface area contributed by atoms with Crippen molar-refractivity contribution >= 4 is 11.9 Å². The molecule has 0 saturated carbocycles. The zero-order valence-corrected chi connectivity index (χ0v) is 10.6. The van der Waals surface area contributed by atoms with Gasteiger partial charge in [0, 0.05) is 0 Å². The van der Waals surface area contributed by atoms with E-state index < -0.39 is 29.5 Å². The molecule has 2 bridgehead atoms. The van der Waals surface area contributed by atoms with Gasteiger partial charge in [0.15, 0.2) is 0 Å². The molecule has 2 fully saturated rings. The summed E-state index contributed by atoms with van der Waals surface area (Å²) in [5, 5.41) is 9.34. The van der Waals surface area contributed by atoms with Gasteiger partial charge in [-0.25, -0.2) is 0 Å². The molecule has 0 unspecified atom stereocenters. The maximum Gasteiger partial charge on any atom is 0.310 e. The molecule has 1 amide bonds. The number of carbonyl (C=O) groups is 2. The van der Waals surface area contributed by atoms with Crippen LogP contribution in [0.25, 0.3) is 0 Å². The molecular formula is C14H13NO5. The van der Waals surface area contributed by atoms with Crippen LogP contribution in [0.2, 0.25) is 0 Å². The maximum atomic E-state index is 12.5. The van der Waals surface area contributed by atoms with Gasteiger partial charge >= 0.3 is 5.97 Å². The van der Waals surface area contributed by atoms with Crippen LogP contribution < -0.4 is 0 Å². The van der Waals surface area contributed by atoms with Crippen LogP contribution in [-0.2, 0) is 20.9 Å². The van der Waals surface area contributed by atoms with Gasteiger partial charge in [-0.05, 0) is 12.1 Å². The Morgan fingerprint density at radius 3 is 3.10 bits per heavy atom. The van der Waals surface area contributed by atoms with Crippen molar-refractivity contribution < 1.29 is 23.8 Å². The van der Waals surface area contributed by atoms with E-state index in [-0.39, 0.29) is 5.91 Å². The zero-order chi connectivity index (χ0) is 13.9.